The molecule has 0 fully saturated rings. The topological polar surface area (TPSA) is 58.1 Å². The Morgan fingerprint density at radius 1 is 1.07 bits per heavy atom. The molecule has 1 aromatic heterocycles. The van der Waals surface area contributed by atoms with Crippen molar-refractivity contribution in [2.75, 3.05) is 18.0 Å². The molecule has 3 rings (SSSR count). The van der Waals surface area contributed by atoms with Gasteiger partial charge in [-0.1, -0.05) is 66.7 Å². The maximum absolute atomic E-state index is 12.5. The van der Waals surface area contributed by atoms with Crippen LogP contribution in [0.3, 0.4) is 0 Å². The predicted octanol–water partition coefficient (Wildman–Crippen LogP) is 4.09. The Morgan fingerprint density at radius 3 is 2.39 bits per heavy atom. The van der Waals surface area contributed by atoms with Gasteiger partial charge in [-0.05, 0) is 12.5 Å². The van der Waals surface area contributed by atoms with Gasteiger partial charge in [-0.3, -0.25) is 4.79 Å². The molecule has 0 atom stereocenters. The second-order valence-corrected chi connectivity index (χ2v) is 6.30. The van der Waals surface area contributed by atoms with Crippen LogP contribution in [0.4, 0.5) is 5.82 Å². The van der Waals surface area contributed by atoms with Crippen LogP contribution < -0.4 is 10.2 Å². The van der Waals surface area contributed by atoms with Gasteiger partial charge >= 0.3 is 0 Å². The molecule has 0 aliphatic rings. The van der Waals surface area contributed by atoms with E-state index in [2.05, 4.69) is 40.8 Å². The van der Waals surface area contributed by atoms with Gasteiger partial charge in [0, 0.05) is 31.3 Å². The van der Waals surface area contributed by atoms with Gasteiger partial charge in [-0.15, -0.1) is 6.58 Å². The molecule has 1 heterocycles. The van der Waals surface area contributed by atoms with Crippen molar-refractivity contribution in [3.8, 4) is 11.4 Å². The lowest BCUT2D eigenvalue weighted by molar-refractivity contribution is 0.0953. The SMILES string of the molecule is C=CCNC(=O)c1cc(N(CC)Cc2ccccc2)nc(-c2ccccc2)n1. The summed E-state index contributed by atoms with van der Waals surface area (Å²) in [7, 11) is 0. The monoisotopic (exact) mass is 372 g/mol. The van der Waals surface area contributed by atoms with Crippen LogP contribution in [0.5, 0.6) is 0 Å². The van der Waals surface area contributed by atoms with Gasteiger partial charge < -0.3 is 10.2 Å². The second kappa shape index (κ2) is 9.46. The molecule has 0 radical (unpaired) electrons. The lowest BCUT2D eigenvalue weighted by atomic mass is 10.2. The molecule has 28 heavy (non-hydrogen) atoms. The molecule has 142 valence electrons. The molecule has 0 saturated carbocycles. The average Bonchev–Trinajstić information content (AvgIpc) is 2.76. The highest BCUT2D eigenvalue weighted by atomic mass is 16.1. The van der Waals surface area contributed by atoms with Crippen molar-refractivity contribution in [1.29, 1.82) is 0 Å². The van der Waals surface area contributed by atoms with Crippen molar-refractivity contribution in [2.24, 2.45) is 0 Å². The second-order valence-electron chi connectivity index (χ2n) is 6.30. The Morgan fingerprint density at radius 2 is 1.75 bits per heavy atom. The van der Waals surface area contributed by atoms with Crippen LogP contribution in [0.2, 0.25) is 0 Å². The molecular weight excluding hydrogens is 348 g/mol. The number of amides is 1. The van der Waals surface area contributed by atoms with Crippen LogP contribution >= 0.6 is 0 Å². The lowest BCUT2D eigenvalue weighted by Crippen LogP contribution is -2.27. The molecule has 5 nitrogen and oxygen atoms in total. The summed E-state index contributed by atoms with van der Waals surface area (Å²) in [6.45, 7) is 7.57. The minimum absolute atomic E-state index is 0.239. The molecular formula is C23H24N4O. The molecule has 2 aromatic carbocycles. The first-order chi connectivity index (χ1) is 13.7. The van der Waals surface area contributed by atoms with E-state index < -0.39 is 0 Å². The minimum atomic E-state index is -0.239. The first-order valence-electron chi connectivity index (χ1n) is 9.33. The quantitative estimate of drug-likeness (QED) is 0.605. The van der Waals surface area contributed by atoms with Gasteiger partial charge in [0.15, 0.2) is 5.82 Å². The third-order valence-electron chi connectivity index (χ3n) is 4.31. The third-order valence-corrected chi connectivity index (χ3v) is 4.31. The zero-order valence-electron chi connectivity index (χ0n) is 16.0. The number of carbonyl (C=O) groups excluding carboxylic acids is 1. The molecule has 5 heteroatoms. The summed E-state index contributed by atoms with van der Waals surface area (Å²) in [5.41, 5.74) is 2.40. The van der Waals surface area contributed by atoms with Gasteiger partial charge in [0.1, 0.15) is 11.5 Å². The molecule has 0 aliphatic carbocycles. The third kappa shape index (κ3) is 4.82. The number of aromatic nitrogens is 2. The van der Waals surface area contributed by atoms with Gasteiger partial charge in [0.05, 0.1) is 0 Å². The molecule has 1 N–H and O–H groups in total. The largest absolute Gasteiger partial charge is 0.352 e. The summed E-state index contributed by atoms with van der Waals surface area (Å²) in [5.74, 6) is 1.02. The van der Waals surface area contributed by atoms with Gasteiger partial charge in [-0.2, -0.15) is 0 Å². The number of carbonyl (C=O) groups is 1. The van der Waals surface area contributed by atoms with Crippen molar-refractivity contribution < 1.29 is 4.79 Å². The molecule has 0 bridgehead atoms. The fourth-order valence-corrected chi connectivity index (χ4v) is 2.84. The maximum atomic E-state index is 12.5. The number of rotatable bonds is 8. The summed E-state index contributed by atoms with van der Waals surface area (Å²) in [4.78, 5) is 23.9. The van der Waals surface area contributed by atoms with E-state index in [1.807, 2.05) is 48.5 Å². The Bertz CT molecular complexity index is 926. The fraction of sp³-hybridized carbons (Fsp3) is 0.174. The van der Waals surface area contributed by atoms with Crippen LogP contribution in [0, 0.1) is 0 Å². The Labute approximate surface area is 165 Å². The van der Waals surface area contributed by atoms with Crippen molar-refractivity contribution in [3.63, 3.8) is 0 Å². The van der Waals surface area contributed by atoms with E-state index >= 15 is 0 Å². The molecule has 0 unspecified atom stereocenters. The number of anilines is 1. The lowest BCUT2D eigenvalue weighted by Gasteiger charge is -2.23. The van der Waals surface area contributed by atoms with Crippen molar-refractivity contribution >= 4 is 11.7 Å². The van der Waals surface area contributed by atoms with Crippen LogP contribution in [-0.4, -0.2) is 29.0 Å². The molecule has 0 aliphatic heterocycles. The van der Waals surface area contributed by atoms with Crippen molar-refractivity contribution in [2.45, 2.75) is 13.5 Å². The molecule has 0 saturated heterocycles. The van der Waals surface area contributed by atoms with E-state index in [0.29, 0.717) is 24.6 Å². The van der Waals surface area contributed by atoms with Gasteiger partial charge in [0.2, 0.25) is 0 Å². The van der Waals surface area contributed by atoms with Crippen molar-refractivity contribution in [3.05, 3.63) is 90.6 Å². The zero-order chi connectivity index (χ0) is 19.8. The van der Waals surface area contributed by atoms with Crippen LogP contribution in [0.15, 0.2) is 79.4 Å². The Hall–Kier alpha value is -3.47. The summed E-state index contributed by atoms with van der Waals surface area (Å²) in [6.07, 6.45) is 1.64. The minimum Gasteiger partial charge on any atom is -0.352 e. The number of nitrogens with zero attached hydrogens (tertiary/aromatic N) is 3. The molecule has 1 amide bonds. The van der Waals surface area contributed by atoms with Crippen LogP contribution in [0.1, 0.15) is 23.0 Å². The first-order valence-corrected chi connectivity index (χ1v) is 9.33. The Kier molecular flexibility index (Phi) is 6.52. The van der Waals surface area contributed by atoms with E-state index in [1.54, 1.807) is 12.1 Å². The highest BCUT2D eigenvalue weighted by Crippen LogP contribution is 2.21. The summed E-state index contributed by atoms with van der Waals surface area (Å²) < 4.78 is 0. The van der Waals surface area contributed by atoms with Gasteiger partial charge in [-0.25, -0.2) is 9.97 Å². The Balaban J connectivity index is 2.00. The van der Waals surface area contributed by atoms with Crippen molar-refractivity contribution in [1.82, 2.24) is 15.3 Å². The highest BCUT2D eigenvalue weighted by Gasteiger charge is 2.16. The standard InChI is InChI=1S/C23H24N4O/c1-3-15-24-23(28)20-16-21(26-22(25-20)19-13-9-6-10-14-19)27(4-2)17-18-11-7-5-8-12-18/h3,5-14,16H,1,4,15,17H2,2H3,(H,24,28). The van der Waals surface area contributed by atoms with Crippen LogP contribution in [-0.2, 0) is 6.54 Å². The van der Waals surface area contributed by atoms with E-state index in [9.17, 15) is 4.79 Å². The van der Waals surface area contributed by atoms with Crippen LogP contribution in [0.25, 0.3) is 11.4 Å². The number of hydrogen-bond donors (Lipinski definition) is 1. The number of benzene rings is 2. The fourth-order valence-electron chi connectivity index (χ4n) is 2.84. The summed E-state index contributed by atoms with van der Waals surface area (Å²) in [5, 5.41) is 2.80. The number of nitrogens with one attached hydrogen (secondary N) is 1. The van der Waals surface area contributed by atoms with E-state index in [1.165, 1.54) is 5.56 Å². The van der Waals surface area contributed by atoms with Gasteiger partial charge in [0.25, 0.3) is 5.91 Å². The molecule has 3 aromatic rings. The van der Waals surface area contributed by atoms with E-state index in [0.717, 1.165) is 17.9 Å². The van der Waals surface area contributed by atoms with E-state index in [-0.39, 0.29) is 5.91 Å². The molecule has 0 spiro atoms. The highest BCUT2D eigenvalue weighted by molar-refractivity contribution is 5.93. The summed E-state index contributed by atoms with van der Waals surface area (Å²) >= 11 is 0. The smallest absolute Gasteiger partial charge is 0.270 e. The normalized spacial score (nSPS) is 10.3. The first kappa shape index (κ1) is 19.3. The summed E-state index contributed by atoms with van der Waals surface area (Å²) in [6, 6.07) is 21.7. The average molecular weight is 372 g/mol. The maximum Gasteiger partial charge on any atom is 0.270 e. The predicted molar refractivity (Wildman–Crippen MR) is 113 cm³/mol. The number of hydrogen-bond acceptors (Lipinski definition) is 4. The zero-order valence-corrected chi connectivity index (χ0v) is 16.0. The van der Waals surface area contributed by atoms with E-state index in [4.69, 9.17) is 4.98 Å².